The van der Waals surface area contributed by atoms with Gasteiger partial charge in [0.15, 0.2) is 17.3 Å². The highest BCUT2D eigenvalue weighted by Crippen LogP contribution is 2.48. The van der Waals surface area contributed by atoms with Gasteiger partial charge in [0.2, 0.25) is 0 Å². The van der Waals surface area contributed by atoms with Crippen LogP contribution >= 0.6 is 0 Å². The summed E-state index contributed by atoms with van der Waals surface area (Å²) < 4.78 is 16.6. The van der Waals surface area contributed by atoms with Crippen molar-refractivity contribution in [2.75, 3.05) is 6.61 Å². The minimum atomic E-state index is -1.77. The molecule has 1 fully saturated rings. The number of hydrogen-bond acceptors (Lipinski definition) is 8. The van der Waals surface area contributed by atoms with Crippen molar-refractivity contribution in [3.05, 3.63) is 23.8 Å². The van der Waals surface area contributed by atoms with Crippen molar-refractivity contribution in [1.29, 1.82) is 0 Å². The Labute approximate surface area is 195 Å². The van der Waals surface area contributed by atoms with E-state index in [-0.39, 0.29) is 18.1 Å². The van der Waals surface area contributed by atoms with Gasteiger partial charge in [0.25, 0.3) is 0 Å². The first kappa shape index (κ1) is 26.6. The maximum atomic E-state index is 13.3. The van der Waals surface area contributed by atoms with Crippen molar-refractivity contribution in [2.45, 2.75) is 84.5 Å². The molecule has 33 heavy (non-hydrogen) atoms. The molecule has 1 aliphatic rings. The fourth-order valence-electron chi connectivity index (χ4n) is 4.16. The van der Waals surface area contributed by atoms with Gasteiger partial charge in [-0.05, 0) is 73.1 Å². The molecule has 8 nitrogen and oxygen atoms in total. The predicted octanol–water partition coefficient (Wildman–Crippen LogP) is 3.51. The van der Waals surface area contributed by atoms with Crippen LogP contribution in [0.5, 0.6) is 11.5 Å². The normalized spacial score (nSPS) is 26.0. The Balaban J connectivity index is 2.71. The van der Waals surface area contributed by atoms with Gasteiger partial charge in [-0.3, -0.25) is 14.4 Å². The third-order valence-corrected chi connectivity index (χ3v) is 5.26. The molecule has 1 aliphatic carbocycles. The summed E-state index contributed by atoms with van der Waals surface area (Å²) in [6.07, 6.45) is -0.409. The van der Waals surface area contributed by atoms with E-state index in [0.717, 1.165) is 0 Å². The molecule has 2 rings (SSSR count). The number of ketones is 1. The first-order valence-corrected chi connectivity index (χ1v) is 11.1. The van der Waals surface area contributed by atoms with Gasteiger partial charge in [0.05, 0.1) is 18.1 Å². The Morgan fingerprint density at radius 3 is 2.12 bits per heavy atom. The summed E-state index contributed by atoms with van der Waals surface area (Å²) in [5, 5.41) is 21.4. The van der Waals surface area contributed by atoms with Crippen molar-refractivity contribution in [1.82, 2.24) is 0 Å². The van der Waals surface area contributed by atoms with Crippen LogP contribution in [0.1, 0.15) is 73.3 Å². The van der Waals surface area contributed by atoms with Crippen LogP contribution in [0, 0.1) is 11.8 Å². The van der Waals surface area contributed by atoms with E-state index < -0.39 is 58.7 Å². The zero-order chi connectivity index (χ0) is 25.4. The molecule has 4 atom stereocenters. The summed E-state index contributed by atoms with van der Waals surface area (Å²) in [6, 6.07) is 4.35. The van der Waals surface area contributed by atoms with Gasteiger partial charge in [-0.1, -0.05) is 6.07 Å². The number of carbonyl (C=O) groups is 3. The van der Waals surface area contributed by atoms with Gasteiger partial charge < -0.3 is 24.4 Å². The van der Waals surface area contributed by atoms with Crippen LogP contribution in [0.4, 0.5) is 0 Å². The second-order valence-electron chi connectivity index (χ2n) is 10.7. The maximum absolute atomic E-state index is 13.3. The molecule has 0 unspecified atom stereocenters. The van der Waals surface area contributed by atoms with Gasteiger partial charge in [0.1, 0.15) is 17.1 Å². The SMILES string of the molecule is CCOc1cc([C@H]2[C@@H](C(=O)OC(C)(C)C)C(=O)C[C@@](C)(O)[C@@H]2C(=O)OC(C)(C)C)ccc1O. The molecule has 0 radical (unpaired) electrons. The average Bonchev–Trinajstić information content (AvgIpc) is 2.59. The molecule has 2 N–H and O–H groups in total. The molecule has 0 amide bonds. The Kier molecular flexibility index (Phi) is 7.53. The van der Waals surface area contributed by atoms with Crippen LogP contribution in [0.2, 0.25) is 0 Å². The van der Waals surface area contributed by atoms with E-state index in [0.29, 0.717) is 5.56 Å². The number of benzene rings is 1. The lowest BCUT2D eigenvalue weighted by Gasteiger charge is -2.44. The van der Waals surface area contributed by atoms with E-state index in [4.69, 9.17) is 14.2 Å². The number of Topliss-reactive ketones (excluding diaryl/α,β-unsaturated/α-hetero) is 1. The molecular formula is C25H36O8. The minimum Gasteiger partial charge on any atom is -0.504 e. The molecule has 184 valence electrons. The number of aliphatic hydroxyl groups is 1. The molecule has 0 spiro atoms. The summed E-state index contributed by atoms with van der Waals surface area (Å²) in [5.74, 6) is -5.73. The highest BCUT2D eigenvalue weighted by molar-refractivity contribution is 6.03. The number of phenolic OH excluding ortho intramolecular Hbond substituents is 1. The number of esters is 2. The summed E-state index contributed by atoms with van der Waals surface area (Å²) >= 11 is 0. The van der Waals surface area contributed by atoms with Crippen LogP contribution in [-0.2, 0) is 23.9 Å². The number of rotatable bonds is 5. The Hall–Kier alpha value is -2.61. The minimum absolute atomic E-state index is 0.128. The van der Waals surface area contributed by atoms with Crippen LogP contribution < -0.4 is 4.74 Å². The van der Waals surface area contributed by atoms with Crippen molar-refractivity contribution in [3.63, 3.8) is 0 Å². The van der Waals surface area contributed by atoms with Gasteiger partial charge >= 0.3 is 11.9 Å². The van der Waals surface area contributed by atoms with Crippen LogP contribution in [0.15, 0.2) is 18.2 Å². The lowest BCUT2D eigenvalue weighted by molar-refractivity contribution is -0.182. The lowest BCUT2D eigenvalue weighted by atomic mass is 9.61. The van der Waals surface area contributed by atoms with Crippen molar-refractivity contribution >= 4 is 17.7 Å². The molecule has 1 aromatic rings. The van der Waals surface area contributed by atoms with E-state index in [1.807, 2.05) is 0 Å². The van der Waals surface area contributed by atoms with E-state index in [2.05, 4.69) is 0 Å². The van der Waals surface area contributed by atoms with Crippen molar-refractivity contribution < 1.29 is 38.8 Å². The number of aromatic hydroxyl groups is 1. The molecule has 0 aliphatic heterocycles. The maximum Gasteiger partial charge on any atom is 0.317 e. The molecule has 0 aromatic heterocycles. The highest BCUT2D eigenvalue weighted by atomic mass is 16.6. The summed E-state index contributed by atoms with van der Waals surface area (Å²) in [6.45, 7) is 13.5. The smallest absolute Gasteiger partial charge is 0.317 e. The second kappa shape index (κ2) is 9.33. The standard InChI is InChI=1S/C25H36O8/c1-9-31-17-12-14(10-11-15(17)26)18-19(21(28)32-23(2,3)4)16(27)13-25(8,30)20(18)22(29)33-24(5,6)7/h10-12,18-20,26,30H,9,13H2,1-8H3/t18-,19-,20-,25+/m0/s1. The molecule has 8 heteroatoms. The van der Waals surface area contributed by atoms with Gasteiger partial charge in [-0.15, -0.1) is 0 Å². The molecule has 1 aromatic carbocycles. The number of carbonyl (C=O) groups excluding carboxylic acids is 3. The molecule has 0 bridgehead atoms. The highest BCUT2D eigenvalue weighted by Gasteiger charge is 2.58. The van der Waals surface area contributed by atoms with E-state index in [1.165, 1.54) is 25.1 Å². The quantitative estimate of drug-likeness (QED) is 0.502. The zero-order valence-electron chi connectivity index (χ0n) is 20.7. The Morgan fingerprint density at radius 1 is 1.06 bits per heavy atom. The van der Waals surface area contributed by atoms with E-state index in [9.17, 15) is 24.6 Å². The van der Waals surface area contributed by atoms with Gasteiger partial charge in [-0.2, -0.15) is 0 Å². The largest absolute Gasteiger partial charge is 0.504 e. The van der Waals surface area contributed by atoms with Crippen LogP contribution in [0.3, 0.4) is 0 Å². The monoisotopic (exact) mass is 464 g/mol. The average molecular weight is 465 g/mol. The van der Waals surface area contributed by atoms with Gasteiger partial charge in [0, 0.05) is 12.3 Å². The lowest BCUT2D eigenvalue weighted by Crippen LogP contribution is -2.56. The first-order valence-electron chi connectivity index (χ1n) is 11.1. The van der Waals surface area contributed by atoms with E-state index in [1.54, 1.807) is 48.5 Å². The summed E-state index contributed by atoms with van der Waals surface area (Å²) in [4.78, 5) is 39.7. The third-order valence-electron chi connectivity index (χ3n) is 5.26. The number of hydrogen-bond donors (Lipinski definition) is 2. The topological polar surface area (TPSA) is 119 Å². The molecule has 0 heterocycles. The molecule has 0 saturated heterocycles. The Bertz CT molecular complexity index is 904. The van der Waals surface area contributed by atoms with Gasteiger partial charge in [-0.25, -0.2) is 0 Å². The van der Waals surface area contributed by atoms with E-state index >= 15 is 0 Å². The van der Waals surface area contributed by atoms with Crippen LogP contribution in [-0.4, -0.2) is 51.3 Å². The third kappa shape index (κ3) is 6.47. The second-order valence-corrected chi connectivity index (χ2v) is 10.7. The number of ether oxygens (including phenoxy) is 3. The fourth-order valence-corrected chi connectivity index (χ4v) is 4.16. The number of phenols is 1. The molecular weight excluding hydrogens is 428 g/mol. The van der Waals surface area contributed by atoms with Crippen LogP contribution in [0.25, 0.3) is 0 Å². The van der Waals surface area contributed by atoms with Crippen molar-refractivity contribution in [3.8, 4) is 11.5 Å². The molecule has 1 saturated carbocycles. The van der Waals surface area contributed by atoms with Crippen molar-refractivity contribution in [2.24, 2.45) is 11.8 Å². The first-order chi connectivity index (χ1) is 15.0. The summed E-state index contributed by atoms with van der Waals surface area (Å²) in [5.41, 5.74) is -3.12. The predicted molar refractivity (Wildman–Crippen MR) is 121 cm³/mol. The zero-order valence-corrected chi connectivity index (χ0v) is 20.7. The summed E-state index contributed by atoms with van der Waals surface area (Å²) in [7, 11) is 0. The fraction of sp³-hybridized carbons (Fsp3) is 0.640. The Morgan fingerprint density at radius 2 is 1.61 bits per heavy atom.